The zero-order chi connectivity index (χ0) is 19.8. The van der Waals surface area contributed by atoms with E-state index in [1.807, 2.05) is 30.3 Å². The number of aromatic nitrogens is 5. The van der Waals surface area contributed by atoms with Crippen LogP contribution in [0.25, 0.3) is 16.6 Å². The number of nitrogens with one attached hydrogen (secondary N) is 2. The Hall–Kier alpha value is -3.68. The minimum atomic E-state index is -0.148. The van der Waals surface area contributed by atoms with Crippen molar-refractivity contribution < 1.29 is 9.53 Å². The van der Waals surface area contributed by atoms with E-state index in [1.54, 1.807) is 13.2 Å². The van der Waals surface area contributed by atoms with Gasteiger partial charge in [0.05, 0.1) is 24.4 Å². The van der Waals surface area contributed by atoms with Crippen LogP contribution in [0.3, 0.4) is 0 Å². The number of carbonyl (C=O) groups is 1. The zero-order valence-corrected chi connectivity index (χ0v) is 15.9. The van der Waals surface area contributed by atoms with Crippen molar-refractivity contribution in [2.24, 2.45) is 0 Å². The van der Waals surface area contributed by atoms with E-state index in [2.05, 4.69) is 31.9 Å². The number of aromatic amines is 1. The number of H-pyrrole nitrogens is 1. The molecule has 5 rings (SSSR count). The Kier molecular flexibility index (Phi) is 4.23. The number of ether oxygens (including phenoxy) is 1. The molecule has 4 aromatic rings. The van der Waals surface area contributed by atoms with Crippen molar-refractivity contribution in [2.75, 3.05) is 7.11 Å². The lowest BCUT2D eigenvalue weighted by Gasteiger charge is -2.24. The molecule has 1 amide bonds. The molecule has 0 spiro atoms. The van der Waals surface area contributed by atoms with Crippen molar-refractivity contribution in [1.82, 2.24) is 30.5 Å². The van der Waals surface area contributed by atoms with E-state index in [0.29, 0.717) is 11.3 Å². The summed E-state index contributed by atoms with van der Waals surface area (Å²) < 4.78 is 6.87. The van der Waals surface area contributed by atoms with Crippen molar-refractivity contribution >= 4 is 16.8 Å². The molecule has 146 valence electrons. The van der Waals surface area contributed by atoms with Gasteiger partial charge in [-0.3, -0.25) is 4.79 Å². The van der Waals surface area contributed by atoms with Gasteiger partial charge in [0.25, 0.3) is 5.91 Å². The number of benzene rings is 2. The first-order chi connectivity index (χ1) is 14.2. The third-order valence-electron chi connectivity index (χ3n) is 5.46. The molecular formula is C21H20N6O2. The molecule has 1 aliphatic carbocycles. The number of rotatable bonds is 4. The standard InChI is InChI=1S/C21H20N6O2/c1-29-13-9-10-17-16(11-13)14-6-4-7-18(20(14)23-17)24-21(28)15-5-2-3-8-19(15)27-12-22-25-26-27/h2-3,5,8-12,18,23H,4,6-7H2,1H3,(H,24,28)/t18-/m1/s1. The number of tetrazole rings is 1. The van der Waals surface area contributed by atoms with Crippen LogP contribution in [0.15, 0.2) is 48.8 Å². The van der Waals surface area contributed by atoms with Gasteiger partial charge in [-0.2, -0.15) is 4.68 Å². The molecule has 0 saturated heterocycles. The molecule has 0 radical (unpaired) electrons. The second kappa shape index (κ2) is 7.05. The first-order valence-corrected chi connectivity index (χ1v) is 9.56. The molecule has 0 aliphatic heterocycles. The molecule has 0 bridgehead atoms. The average Bonchev–Trinajstić information content (AvgIpc) is 3.42. The SMILES string of the molecule is COc1ccc2[nH]c3c(c2c1)CCC[C@H]3NC(=O)c1ccccc1-n1cnnn1. The van der Waals surface area contributed by atoms with Crippen molar-refractivity contribution in [3.8, 4) is 11.4 Å². The van der Waals surface area contributed by atoms with Gasteiger partial charge in [-0.05, 0) is 65.6 Å². The first-order valence-electron chi connectivity index (χ1n) is 9.56. The fraction of sp³-hybridized carbons (Fsp3) is 0.238. The molecule has 8 nitrogen and oxygen atoms in total. The normalized spacial score (nSPS) is 15.8. The maximum absolute atomic E-state index is 13.1. The van der Waals surface area contributed by atoms with Crippen molar-refractivity contribution in [1.29, 1.82) is 0 Å². The largest absolute Gasteiger partial charge is 0.497 e. The molecule has 0 fully saturated rings. The van der Waals surface area contributed by atoms with Crippen LogP contribution in [0, 0.1) is 0 Å². The smallest absolute Gasteiger partial charge is 0.254 e. The molecule has 2 aromatic heterocycles. The van der Waals surface area contributed by atoms with Gasteiger partial charge < -0.3 is 15.0 Å². The lowest BCUT2D eigenvalue weighted by atomic mass is 9.91. The molecule has 0 unspecified atom stereocenters. The fourth-order valence-electron chi connectivity index (χ4n) is 4.09. The summed E-state index contributed by atoms with van der Waals surface area (Å²) in [5.41, 5.74) is 4.57. The van der Waals surface area contributed by atoms with Crippen LogP contribution in [0.2, 0.25) is 0 Å². The highest BCUT2D eigenvalue weighted by atomic mass is 16.5. The number of hydrogen-bond donors (Lipinski definition) is 2. The lowest BCUT2D eigenvalue weighted by Crippen LogP contribution is -2.31. The topological polar surface area (TPSA) is 97.7 Å². The van der Waals surface area contributed by atoms with E-state index in [4.69, 9.17) is 4.74 Å². The van der Waals surface area contributed by atoms with Gasteiger partial charge in [0.2, 0.25) is 0 Å². The van der Waals surface area contributed by atoms with E-state index >= 15 is 0 Å². The molecule has 1 aliphatic rings. The van der Waals surface area contributed by atoms with Gasteiger partial charge in [0, 0.05) is 16.6 Å². The molecule has 2 heterocycles. The number of carbonyl (C=O) groups excluding carboxylic acids is 1. The van der Waals surface area contributed by atoms with Crippen LogP contribution in [-0.2, 0) is 6.42 Å². The highest BCUT2D eigenvalue weighted by Crippen LogP contribution is 2.36. The number of methoxy groups -OCH3 is 1. The number of para-hydroxylation sites is 1. The molecule has 2 N–H and O–H groups in total. The summed E-state index contributed by atoms with van der Waals surface area (Å²) >= 11 is 0. The van der Waals surface area contributed by atoms with E-state index in [1.165, 1.54) is 16.6 Å². The predicted octanol–water partition coefficient (Wildman–Crippen LogP) is 2.96. The zero-order valence-electron chi connectivity index (χ0n) is 15.9. The van der Waals surface area contributed by atoms with Gasteiger partial charge >= 0.3 is 0 Å². The Morgan fingerprint density at radius 2 is 2.17 bits per heavy atom. The second-order valence-corrected chi connectivity index (χ2v) is 7.12. The van der Waals surface area contributed by atoms with Gasteiger partial charge in [-0.25, -0.2) is 0 Å². The summed E-state index contributed by atoms with van der Waals surface area (Å²) in [6.45, 7) is 0. The molecule has 29 heavy (non-hydrogen) atoms. The maximum atomic E-state index is 13.1. The molecule has 0 saturated carbocycles. The van der Waals surface area contributed by atoms with Crippen molar-refractivity contribution in [3.63, 3.8) is 0 Å². The summed E-state index contributed by atoms with van der Waals surface area (Å²) in [7, 11) is 1.67. The number of aryl methyl sites for hydroxylation is 1. The summed E-state index contributed by atoms with van der Waals surface area (Å²) in [5.74, 6) is 0.686. The Balaban J connectivity index is 1.48. The summed E-state index contributed by atoms with van der Waals surface area (Å²) in [4.78, 5) is 16.6. The quantitative estimate of drug-likeness (QED) is 0.560. The maximum Gasteiger partial charge on any atom is 0.254 e. The molecule has 8 heteroatoms. The Bertz CT molecular complexity index is 1180. The van der Waals surface area contributed by atoms with E-state index < -0.39 is 0 Å². The summed E-state index contributed by atoms with van der Waals surface area (Å²) in [6.07, 6.45) is 4.36. The minimum Gasteiger partial charge on any atom is -0.497 e. The highest BCUT2D eigenvalue weighted by Gasteiger charge is 2.27. The van der Waals surface area contributed by atoms with Crippen molar-refractivity contribution in [2.45, 2.75) is 25.3 Å². The number of nitrogens with zero attached hydrogens (tertiary/aromatic N) is 4. The predicted molar refractivity (Wildman–Crippen MR) is 107 cm³/mol. The number of amides is 1. The number of hydrogen-bond acceptors (Lipinski definition) is 5. The van der Waals surface area contributed by atoms with Crippen LogP contribution in [0.1, 0.15) is 40.5 Å². The minimum absolute atomic E-state index is 0.0772. The van der Waals surface area contributed by atoms with Gasteiger partial charge in [0.15, 0.2) is 0 Å². The Morgan fingerprint density at radius 3 is 3.00 bits per heavy atom. The van der Waals surface area contributed by atoms with Crippen LogP contribution in [-0.4, -0.2) is 38.2 Å². The van der Waals surface area contributed by atoms with Gasteiger partial charge in [-0.1, -0.05) is 12.1 Å². The Morgan fingerprint density at radius 1 is 1.28 bits per heavy atom. The van der Waals surface area contributed by atoms with E-state index in [0.717, 1.165) is 41.6 Å². The van der Waals surface area contributed by atoms with Gasteiger partial charge in [-0.15, -0.1) is 5.10 Å². The molecular weight excluding hydrogens is 368 g/mol. The number of fused-ring (bicyclic) bond motifs is 3. The molecule has 1 atom stereocenters. The van der Waals surface area contributed by atoms with Crippen LogP contribution in [0.5, 0.6) is 5.75 Å². The van der Waals surface area contributed by atoms with Crippen LogP contribution < -0.4 is 10.1 Å². The third kappa shape index (κ3) is 3.02. The van der Waals surface area contributed by atoms with Crippen molar-refractivity contribution in [3.05, 3.63) is 65.6 Å². The monoisotopic (exact) mass is 388 g/mol. The highest BCUT2D eigenvalue weighted by molar-refractivity contribution is 5.98. The fourth-order valence-corrected chi connectivity index (χ4v) is 4.09. The van der Waals surface area contributed by atoms with Crippen LogP contribution >= 0.6 is 0 Å². The van der Waals surface area contributed by atoms with E-state index in [9.17, 15) is 4.79 Å². The summed E-state index contributed by atoms with van der Waals surface area (Å²) in [6, 6.07) is 13.3. The van der Waals surface area contributed by atoms with Crippen LogP contribution in [0.4, 0.5) is 0 Å². The average molecular weight is 388 g/mol. The first kappa shape index (κ1) is 17.4. The lowest BCUT2D eigenvalue weighted by molar-refractivity contribution is 0.0932. The third-order valence-corrected chi connectivity index (χ3v) is 5.46. The molecule has 2 aromatic carbocycles. The Labute approximate surface area is 166 Å². The second-order valence-electron chi connectivity index (χ2n) is 7.12. The van der Waals surface area contributed by atoms with E-state index in [-0.39, 0.29) is 11.9 Å². The summed E-state index contributed by atoms with van der Waals surface area (Å²) in [5, 5.41) is 15.6. The van der Waals surface area contributed by atoms with Gasteiger partial charge in [0.1, 0.15) is 12.1 Å².